The largest absolute Gasteiger partial charge is 0.310 e. The van der Waals surface area contributed by atoms with E-state index < -0.39 is 0 Å². The van der Waals surface area contributed by atoms with Crippen LogP contribution in [0.1, 0.15) is 65.4 Å². The lowest BCUT2D eigenvalue weighted by Crippen LogP contribution is -2.41. The summed E-state index contributed by atoms with van der Waals surface area (Å²) in [6.45, 7) is 14.3. The van der Waals surface area contributed by atoms with E-state index in [1.165, 1.54) is 11.4 Å². The van der Waals surface area contributed by atoms with E-state index in [1.807, 2.05) is 0 Å². The first kappa shape index (κ1) is 15.2. The highest BCUT2D eigenvalue weighted by Crippen LogP contribution is 2.14. The van der Waals surface area contributed by atoms with E-state index in [0.717, 1.165) is 25.8 Å². The zero-order valence-corrected chi connectivity index (χ0v) is 12.9. The summed E-state index contributed by atoms with van der Waals surface area (Å²) in [5.41, 5.74) is 2.75. The molecule has 1 heterocycles. The van der Waals surface area contributed by atoms with Crippen LogP contribution < -0.4 is 5.32 Å². The van der Waals surface area contributed by atoms with Crippen molar-refractivity contribution in [1.82, 2.24) is 15.1 Å². The van der Waals surface area contributed by atoms with Crippen LogP contribution in [0.25, 0.3) is 0 Å². The fourth-order valence-corrected chi connectivity index (χ4v) is 1.94. The third kappa shape index (κ3) is 3.84. The normalized spacial score (nSPS) is 13.9. The lowest BCUT2D eigenvalue weighted by Gasteiger charge is -2.27. The molecule has 0 bridgehead atoms. The van der Waals surface area contributed by atoms with E-state index in [-0.39, 0.29) is 5.54 Å². The zero-order valence-electron chi connectivity index (χ0n) is 12.9. The molecule has 0 aliphatic carbocycles. The van der Waals surface area contributed by atoms with Gasteiger partial charge in [-0.05, 0) is 46.1 Å². The molecule has 1 N–H and O–H groups in total. The van der Waals surface area contributed by atoms with Crippen molar-refractivity contribution in [3.05, 3.63) is 17.5 Å². The average molecular weight is 251 g/mol. The van der Waals surface area contributed by atoms with Crippen molar-refractivity contribution in [2.75, 3.05) is 6.54 Å². The minimum Gasteiger partial charge on any atom is -0.310 e. The van der Waals surface area contributed by atoms with Gasteiger partial charge in [0.25, 0.3) is 0 Å². The van der Waals surface area contributed by atoms with Crippen molar-refractivity contribution >= 4 is 0 Å². The summed E-state index contributed by atoms with van der Waals surface area (Å²) in [5.74, 6) is 0. The summed E-state index contributed by atoms with van der Waals surface area (Å²) < 4.78 is 2.19. The van der Waals surface area contributed by atoms with Gasteiger partial charge in [0.15, 0.2) is 0 Å². The molecule has 18 heavy (non-hydrogen) atoms. The van der Waals surface area contributed by atoms with Crippen LogP contribution in [0.3, 0.4) is 0 Å². The van der Waals surface area contributed by atoms with Gasteiger partial charge in [-0.1, -0.05) is 20.8 Å². The molecular formula is C15H29N3. The van der Waals surface area contributed by atoms with Gasteiger partial charge in [-0.3, -0.25) is 4.68 Å². The van der Waals surface area contributed by atoms with Crippen molar-refractivity contribution in [2.45, 2.75) is 72.4 Å². The van der Waals surface area contributed by atoms with Crippen molar-refractivity contribution in [3.63, 3.8) is 0 Å². The molecule has 1 unspecified atom stereocenters. The molecule has 0 aromatic carbocycles. The third-order valence-electron chi connectivity index (χ3n) is 3.77. The predicted octanol–water partition coefficient (Wildman–Crippen LogP) is 3.35. The van der Waals surface area contributed by atoms with Gasteiger partial charge >= 0.3 is 0 Å². The Morgan fingerprint density at radius 1 is 1.28 bits per heavy atom. The van der Waals surface area contributed by atoms with E-state index in [4.69, 9.17) is 5.10 Å². The van der Waals surface area contributed by atoms with E-state index in [9.17, 15) is 0 Å². The molecule has 0 amide bonds. The first-order valence-electron chi connectivity index (χ1n) is 7.25. The maximum Gasteiger partial charge on any atom is 0.0624 e. The number of aryl methyl sites for hydroxylation is 2. The second-order valence-corrected chi connectivity index (χ2v) is 5.75. The lowest BCUT2D eigenvalue weighted by atomic mass is 10.0. The molecule has 0 fully saturated rings. The van der Waals surface area contributed by atoms with E-state index in [2.05, 4.69) is 57.6 Å². The van der Waals surface area contributed by atoms with Crippen molar-refractivity contribution < 1.29 is 0 Å². The summed E-state index contributed by atoms with van der Waals surface area (Å²) >= 11 is 0. The molecule has 0 radical (unpaired) electrons. The van der Waals surface area contributed by atoms with Gasteiger partial charge in [0.1, 0.15) is 0 Å². The number of hydrogen-bond donors (Lipinski definition) is 1. The van der Waals surface area contributed by atoms with Gasteiger partial charge in [0, 0.05) is 17.8 Å². The zero-order chi connectivity index (χ0) is 13.8. The van der Waals surface area contributed by atoms with Gasteiger partial charge in [-0.2, -0.15) is 5.10 Å². The Labute approximate surface area is 112 Å². The SMILES string of the molecule is CCc1cc(CC)n(C(C)CNC(C)(C)CC)n1. The summed E-state index contributed by atoms with van der Waals surface area (Å²) in [6.07, 6.45) is 3.20. The predicted molar refractivity (Wildman–Crippen MR) is 78.1 cm³/mol. The van der Waals surface area contributed by atoms with Crippen LogP contribution in [0.5, 0.6) is 0 Å². The third-order valence-corrected chi connectivity index (χ3v) is 3.77. The molecule has 0 aliphatic rings. The topological polar surface area (TPSA) is 29.9 Å². The maximum absolute atomic E-state index is 4.70. The highest BCUT2D eigenvalue weighted by molar-refractivity contribution is 5.11. The molecule has 1 aromatic rings. The van der Waals surface area contributed by atoms with Crippen molar-refractivity contribution in [3.8, 4) is 0 Å². The first-order chi connectivity index (χ1) is 8.43. The molecule has 1 aromatic heterocycles. The second kappa shape index (κ2) is 6.37. The smallest absolute Gasteiger partial charge is 0.0624 e. The molecular weight excluding hydrogens is 222 g/mol. The summed E-state index contributed by atoms with van der Waals surface area (Å²) in [5, 5.41) is 8.33. The van der Waals surface area contributed by atoms with E-state index >= 15 is 0 Å². The highest BCUT2D eigenvalue weighted by Gasteiger charge is 2.17. The van der Waals surface area contributed by atoms with Crippen LogP contribution in [-0.4, -0.2) is 21.9 Å². The van der Waals surface area contributed by atoms with E-state index in [1.54, 1.807) is 0 Å². The minimum atomic E-state index is 0.210. The van der Waals surface area contributed by atoms with Gasteiger partial charge in [-0.25, -0.2) is 0 Å². The van der Waals surface area contributed by atoms with Gasteiger partial charge in [-0.15, -0.1) is 0 Å². The standard InChI is InChI=1S/C15H29N3/c1-7-13-10-14(8-2)18(17-13)12(4)11-16-15(5,6)9-3/h10,12,16H,7-9,11H2,1-6H3. The van der Waals surface area contributed by atoms with Crippen LogP contribution >= 0.6 is 0 Å². The molecule has 3 nitrogen and oxygen atoms in total. The average Bonchev–Trinajstić information content (AvgIpc) is 2.79. The molecule has 1 atom stereocenters. The molecule has 104 valence electrons. The first-order valence-corrected chi connectivity index (χ1v) is 7.25. The molecule has 3 heteroatoms. The summed E-state index contributed by atoms with van der Waals surface area (Å²) in [6, 6.07) is 2.65. The maximum atomic E-state index is 4.70. The van der Waals surface area contributed by atoms with Crippen LogP contribution in [0, 0.1) is 0 Å². The number of nitrogens with zero attached hydrogens (tertiary/aromatic N) is 2. The Kier molecular flexibility index (Phi) is 5.39. The quantitative estimate of drug-likeness (QED) is 0.805. The Hall–Kier alpha value is -0.830. The van der Waals surface area contributed by atoms with Crippen LogP contribution in [0.4, 0.5) is 0 Å². The van der Waals surface area contributed by atoms with Gasteiger partial charge in [0.05, 0.1) is 11.7 Å². The summed E-state index contributed by atoms with van der Waals surface area (Å²) in [4.78, 5) is 0. The molecule has 0 aliphatic heterocycles. The molecule has 0 spiro atoms. The van der Waals surface area contributed by atoms with Crippen molar-refractivity contribution in [2.24, 2.45) is 0 Å². The minimum absolute atomic E-state index is 0.210. The van der Waals surface area contributed by atoms with Crippen LogP contribution in [0.15, 0.2) is 6.07 Å². The van der Waals surface area contributed by atoms with Gasteiger partial charge in [0.2, 0.25) is 0 Å². The monoisotopic (exact) mass is 251 g/mol. The Morgan fingerprint density at radius 3 is 2.44 bits per heavy atom. The van der Waals surface area contributed by atoms with Crippen molar-refractivity contribution in [1.29, 1.82) is 0 Å². The molecule has 1 rings (SSSR count). The fourth-order valence-electron chi connectivity index (χ4n) is 1.94. The Morgan fingerprint density at radius 2 is 1.94 bits per heavy atom. The van der Waals surface area contributed by atoms with E-state index in [0.29, 0.717) is 6.04 Å². The van der Waals surface area contributed by atoms with Gasteiger partial charge < -0.3 is 5.32 Å². The second-order valence-electron chi connectivity index (χ2n) is 5.75. The number of rotatable bonds is 7. The Balaban J connectivity index is 2.71. The number of hydrogen-bond acceptors (Lipinski definition) is 2. The lowest BCUT2D eigenvalue weighted by molar-refractivity contribution is 0.332. The van der Waals surface area contributed by atoms with Crippen LogP contribution in [-0.2, 0) is 12.8 Å². The highest BCUT2D eigenvalue weighted by atomic mass is 15.3. The summed E-state index contributed by atoms with van der Waals surface area (Å²) in [7, 11) is 0. The Bertz CT molecular complexity index is 366. The molecule has 0 saturated carbocycles. The molecule has 0 saturated heterocycles. The fraction of sp³-hybridized carbons (Fsp3) is 0.800. The van der Waals surface area contributed by atoms with Crippen LogP contribution in [0.2, 0.25) is 0 Å². The number of nitrogens with one attached hydrogen (secondary N) is 1. The number of aromatic nitrogens is 2.